The summed E-state index contributed by atoms with van der Waals surface area (Å²) in [6.07, 6.45) is 1.20. The lowest BCUT2D eigenvalue weighted by molar-refractivity contribution is -0.384. The van der Waals surface area contributed by atoms with Gasteiger partial charge in [-0.15, -0.1) is 0 Å². The van der Waals surface area contributed by atoms with Crippen molar-refractivity contribution in [2.45, 2.75) is 13.0 Å². The number of nitrogen functional groups attached to an aromatic ring is 1. The zero-order valence-corrected chi connectivity index (χ0v) is 17.8. The third kappa shape index (κ3) is 3.90. The van der Waals surface area contributed by atoms with Gasteiger partial charge in [0.05, 0.1) is 32.6 Å². The highest BCUT2D eigenvalue weighted by atomic mass is 35.5. The molecule has 2 aromatic carbocycles. The summed E-state index contributed by atoms with van der Waals surface area (Å²) in [5.74, 6) is 0.372. The Bertz CT molecular complexity index is 1510. The molecule has 11 nitrogen and oxygen atoms in total. The fourth-order valence-electron chi connectivity index (χ4n) is 3.38. The van der Waals surface area contributed by atoms with Crippen LogP contribution in [0.1, 0.15) is 24.4 Å². The molecule has 0 amide bonds. The van der Waals surface area contributed by atoms with Crippen LogP contribution in [0.4, 0.5) is 17.3 Å². The molecule has 12 heteroatoms. The van der Waals surface area contributed by atoms with E-state index in [0.29, 0.717) is 5.52 Å². The number of nitro groups is 1. The van der Waals surface area contributed by atoms with E-state index in [1.807, 2.05) is 6.07 Å². The maximum absolute atomic E-state index is 13.5. The van der Waals surface area contributed by atoms with Crippen molar-refractivity contribution in [3.63, 3.8) is 0 Å². The molecule has 0 bridgehead atoms. The van der Waals surface area contributed by atoms with E-state index in [4.69, 9.17) is 17.3 Å². The van der Waals surface area contributed by atoms with Crippen LogP contribution in [-0.2, 0) is 0 Å². The quantitative estimate of drug-likeness (QED) is 0.334. The highest BCUT2D eigenvalue weighted by molar-refractivity contribution is 6.35. The van der Waals surface area contributed by atoms with Gasteiger partial charge in [-0.25, -0.2) is 15.0 Å². The summed E-state index contributed by atoms with van der Waals surface area (Å²) in [5.41, 5.74) is 5.69. The van der Waals surface area contributed by atoms with Crippen LogP contribution in [0.2, 0.25) is 5.02 Å². The normalized spacial score (nSPS) is 11.7. The van der Waals surface area contributed by atoms with Gasteiger partial charge in [-0.05, 0) is 25.1 Å². The number of nitrogens with two attached hydrogens (primary N) is 1. The number of nitriles is 1. The molecule has 1 unspecified atom stereocenters. The van der Waals surface area contributed by atoms with E-state index in [-0.39, 0.29) is 44.8 Å². The third-order valence-electron chi connectivity index (χ3n) is 4.90. The van der Waals surface area contributed by atoms with Crippen molar-refractivity contribution in [2.24, 2.45) is 0 Å². The molecule has 164 valence electrons. The number of aromatic nitrogens is 4. The number of benzene rings is 2. The molecule has 0 fully saturated rings. The first-order valence-electron chi connectivity index (χ1n) is 9.55. The first-order valence-corrected chi connectivity index (χ1v) is 9.92. The van der Waals surface area contributed by atoms with Crippen LogP contribution in [0.25, 0.3) is 16.6 Å². The molecule has 0 aliphatic carbocycles. The van der Waals surface area contributed by atoms with Crippen LogP contribution in [0.15, 0.2) is 53.6 Å². The summed E-state index contributed by atoms with van der Waals surface area (Å²) in [4.78, 5) is 36.8. The van der Waals surface area contributed by atoms with E-state index in [1.54, 1.807) is 31.2 Å². The largest absolute Gasteiger partial charge is 0.382 e. The molecule has 4 aromatic rings. The Labute approximate surface area is 191 Å². The number of anilines is 2. The lowest BCUT2D eigenvalue weighted by Crippen LogP contribution is -2.28. The predicted molar refractivity (Wildman–Crippen MR) is 122 cm³/mol. The summed E-state index contributed by atoms with van der Waals surface area (Å²) in [6.45, 7) is 1.70. The number of rotatable bonds is 5. The number of fused-ring (bicyclic) bond motifs is 1. The van der Waals surface area contributed by atoms with E-state index in [1.165, 1.54) is 29.1 Å². The van der Waals surface area contributed by atoms with E-state index in [2.05, 4.69) is 20.3 Å². The van der Waals surface area contributed by atoms with Gasteiger partial charge in [0.2, 0.25) is 0 Å². The molecule has 2 heterocycles. The van der Waals surface area contributed by atoms with Gasteiger partial charge in [0.1, 0.15) is 35.4 Å². The van der Waals surface area contributed by atoms with Gasteiger partial charge in [0, 0.05) is 12.1 Å². The summed E-state index contributed by atoms with van der Waals surface area (Å²) < 4.78 is 1.25. The van der Waals surface area contributed by atoms with Gasteiger partial charge in [0.15, 0.2) is 0 Å². The average Bonchev–Trinajstić information content (AvgIpc) is 2.79. The molecule has 3 N–H and O–H groups in total. The van der Waals surface area contributed by atoms with Crippen LogP contribution in [0.5, 0.6) is 0 Å². The third-order valence-corrected chi connectivity index (χ3v) is 5.22. The summed E-state index contributed by atoms with van der Waals surface area (Å²) >= 11 is 6.28. The Kier molecular flexibility index (Phi) is 5.60. The van der Waals surface area contributed by atoms with Crippen LogP contribution in [-0.4, -0.2) is 24.4 Å². The minimum atomic E-state index is -0.679. The van der Waals surface area contributed by atoms with Gasteiger partial charge in [0.25, 0.3) is 11.2 Å². The molecular formula is C21H15ClN8O3. The minimum Gasteiger partial charge on any atom is -0.382 e. The van der Waals surface area contributed by atoms with E-state index in [0.717, 1.165) is 0 Å². The molecule has 2 aromatic heterocycles. The fraction of sp³-hybridized carbons (Fsp3) is 0.0952. The molecule has 4 rings (SSSR count). The second kappa shape index (κ2) is 8.52. The van der Waals surface area contributed by atoms with Gasteiger partial charge < -0.3 is 11.1 Å². The Hall–Kier alpha value is -4.56. The highest BCUT2D eigenvalue weighted by Gasteiger charge is 2.22. The van der Waals surface area contributed by atoms with Gasteiger partial charge in [-0.1, -0.05) is 23.7 Å². The van der Waals surface area contributed by atoms with Gasteiger partial charge in [-0.3, -0.25) is 19.5 Å². The second-order valence-electron chi connectivity index (χ2n) is 6.98. The fourth-order valence-corrected chi connectivity index (χ4v) is 3.63. The number of hydrogen-bond donors (Lipinski definition) is 2. The number of halogens is 1. The minimum absolute atomic E-state index is 0.00322. The van der Waals surface area contributed by atoms with Gasteiger partial charge >= 0.3 is 0 Å². The van der Waals surface area contributed by atoms with E-state index in [9.17, 15) is 20.2 Å². The van der Waals surface area contributed by atoms with Crippen molar-refractivity contribution in [2.75, 3.05) is 11.1 Å². The number of nitro benzene ring substituents is 1. The number of non-ortho nitro benzene ring substituents is 1. The second-order valence-corrected chi connectivity index (χ2v) is 7.39. The molecule has 1 atom stereocenters. The monoisotopic (exact) mass is 462 g/mol. The molecular weight excluding hydrogens is 448 g/mol. The van der Waals surface area contributed by atoms with Crippen LogP contribution in [0, 0.1) is 21.4 Å². The Morgan fingerprint density at radius 1 is 1.27 bits per heavy atom. The van der Waals surface area contributed by atoms with Crippen LogP contribution in [0.3, 0.4) is 0 Å². The smallest absolute Gasteiger partial charge is 0.271 e. The zero-order valence-electron chi connectivity index (χ0n) is 17.1. The maximum atomic E-state index is 13.5. The predicted octanol–water partition coefficient (Wildman–Crippen LogP) is 3.36. The Morgan fingerprint density at radius 2 is 2.03 bits per heavy atom. The van der Waals surface area contributed by atoms with Crippen molar-refractivity contribution in [1.82, 2.24) is 19.5 Å². The van der Waals surface area contributed by atoms with E-state index < -0.39 is 16.5 Å². The molecule has 0 spiro atoms. The molecule has 0 saturated heterocycles. The van der Waals surface area contributed by atoms with Gasteiger partial charge in [-0.2, -0.15) is 5.26 Å². The molecule has 0 radical (unpaired) electrons. The molecule has 0 aliphatic heterocycles. The van der Waals surface area contributed by atoms with Crippen molar-refractivity contribution < 1.29 is 4.92 Å². The van der Waals surface area contributed by atoms with E-state index >= 15 is 0 Å². The SMILES string of the molecule is CC(Nc1ncnc(N)c1C#N)c1nc2cccc(Cl)c2c(=O)n1-c1cccc([N+](=O)[O-])c1. The summed E-state index contributed by atoms with van der Waals surface area (Å²) in [5, 5.41) is 24.1. The highest BCUT2D eigenvalue weighted by Crippen LogP contribution is 2.27. The lowest BCUT2D eigenvalue weighted by atomic mass is 10.2. The Balaban J connectivity index is 1.96. The van der Waals surface area contributed by atoms with Crippen LogP contribution < -0.4 is 16.6 Å². The number of hydrogen-bond acceptors (Lipinski definition) is 9. The number of nitrogens with zero attached hydrogens (tertiary/aromatic N) is 6. The molecule has 0 aliphatic rings. The zero-order chi connectivity index (χ0) is 23.7. The summed E-state index contributed by atoms with van der Waals surface area (Å²) in [7, 11) is 0. The van der Waals surface area contributed by atoms with Crippen molar-refractivity contribution in [3.05, 3.63) is 85.7 Å². The van der Waals surface area contributed by atoms with Crippen LogP contribution >= 0.6 is 11.6 Å². The topological polar surface area (TPSA) is 166 Å². The maximum Gasteiger partial charge on any atom is 0.271 e. The number of nitrogens with one attached hydrogen (secondary N) is 1. The molecule has 33 heavy (non-hydrogen) atoms. The Morgan fingerprint density at radius 3 is 2.76 bits per heavy atom. The first kappa shape index (κ1) is 21.7. The standard InChI is InChI=1S/C21H15ClN8O3/c1-11(27-19-14(9-23)18(24)25-10-26-19)20-28-16-7-3-6-15(22)17(16)21(31)29(20)12-4-2-5-13(8-12)30(32)33/h2-8,10-11H,1H3,(H3,24,25,26,27). The lowest BCUT2D eigenvalue weighted by Gasteiger charge is -2.20. The van der Waals surface area contributed by atoms with Crippen molar-refractivity contribution in [1.29, 1.82) is 5.26 Å². The average molecular weight is 463 g/mol. The van der Waals surface area contributed by atoms with Crippen molar-refractivity contribution >= 4 is 39.8 Å². The molecule has 0 saturated carbocycles. The first-order chi connectivity index (χ1) is 15.8. The summed E-state index contributed by atoms with van der Waals surface area (Å²) in [6, 6.07) is 11.7. The van der Waals surface area contributed by atoms with Crippen molar-refractivity contribution in [3.8, 4) is 11.8 Å².